The third kappa shape index (κ3) is 5.74. The van der Waals surface area contributed by atoms with Gasteiger partial charge in [-0.2, -0.15) is 0 Å². The van der Waals surface area contributed by atoms with Crippen LogP contribution in [0.15, 0.2) is 24.5 Å². The summed E-state index contributed by atoms with van der Waals surface area (Å²) in [6.45, 7) is 3.32. The third-order valence-corrected chi connectivity index (χ3v) is 5.66. The first-order valence-corrected chi connectivity index (χ1v) is 9.86. The second-order valence-electron chi connectivity index (χ2n) is 7.41. The minimum absolute atomic E-state index is 0.0695. The monoisotopic (exact) mass is 374 g/mol. The van der Waals surface area contributed by atoms with Crippen molar-refractivity contribution in [2.45, 2.75) is 44.2 Å². The number of hydrogen-bond acceptors (Lipinski definition) is 5. The van der Waals surface area contributed by atoms with E-state index in [1.807, 2.05) is 17.0 Å². The Labute approximate surface area is 161 Å². The lowest BCUT2D eigenvalue weighted by atomic mass is 10.1. The molecular weight excluding hydrogens is 344 g/mol. The Balaban J connectivity index is 1.37. The molecule has 0 unspecified atom stereocenters. The van der Waals surface area contributed by atoms with E-state index in [2.05, 4.69) is 22.2 Å². The van der Waals surface area contributed by atoms with Crippen LogP contribution in [0, 0.1) is 0 Å². The molecule has 2 aliphatic heterocycles. The summed E-state index contributed by atoms with van der Waals surface area (Å²) in [4.78, 5) is 32.8. The fraction of sp³-hybridized carbons (Fsp3) is 0.650. The van der Waals surface area contributed by atoms with Crippen LogP contribution in [0.25, 0.3) is 0 Å². The zero-order chi connectivity index (χ0) is 19.1. The van der Waals surface area contributed by atoms with Crippen LogP contribution < -0.4 is 5.32 Å². The molecule has 7 nitrogen and oxygen atoms in total. The number of carbonyl (C=O) groups excluding carboxylic acids is 2. The standard InChI is InChI=1S/C20H30N4O3/c1-23-17(13-20(26)24-9-11-27-12-10-24)5-6-18(23)15-22-19(25)7-4-16-3-2-8-21-14-16/h2-3,8,14,17-18H,4-7,9-13,15H2,1H3,(H,22,25)/t17-,18+/m1/s1. The normalized spacial score (nSPS) is 23.4. The minimum atomic E-state index is 0.0695. The largest absolute Gasteiger partial charge is 0.378 e. The summed E-state index contributed by atoms with van der Waals surface area (Å²) >= 11 is 0. The molecule has 2 saturated heterocycles. The minimum Gasteiger partial charge on any atom is -0.378 e. The van der Waals surface area contributed by atoms with Gasteiger partial charge in [0.05, 0.1) is 13.2 Å². The van der Waals surface area contributed by atoms with Crippen molar-refractivity contribution < 1.29 is 14.3 Å². The van der Waals surface area contributed by atoms with E-state index in [0.29, 0.717) is 58.2 Å². The number of likely N-dealkylation sites (tertiary alicyclic amines) is 1. The quantitative estimate of drug-likeness (QED) is 0.766. The maximum Gasteiger partial charge on any atom is 0.224 e. The fourth-order valence-corrected chi connectivity index (χ4v) is 3.85. The zero-order valence-electron chi connectivity index (χ0n) is 16.1. The highest BCUT2D eigenvalue weighted by Crippen LogP contribution is 2.25. The number of aryl methyl sites for hydroxylation is 1. The van der Waals surface area contributed by atoms with Crippen molar-refractivity contribution in [2.75, 3.05) is 39.9 Å². The van der Waals surface area contributed by atoms with Crippen LogP contribution in [-0.2, 0) is 20.7 Å². The number of pyridine rings is 1. The molecule has 1 N–H and O–H groups in total. The molecule has 148 valence electrons. The molecule has 1 aromatic heterocycles. The van der Waals surface area contributed by atoms with E-state index in [-0.39, 0.29) is 17.9 Å². The predicted octanol–water partition coefficient (Wildman–Crippen LogP) is 0.842. The van der Waals surface area contributed by atoms with Crippen molar-refractivity contribution in [1.29, 1.82) is 0 Å². The Kier molecular flexibility index (Phi) is 7.18. The summed E-state index contributed by atoms with van der Waals surface area (Å²) in [6.07, 6.45) is 7.29. The average molecular weight is 374 g/mol. The van der Waals surface area contributed by atoms with Gasteiger partial charge in [-0.3, -0.25) is 19.5 Å². The Morgan fingerprint density at radius 1 is 1.26 bits per heavy atom. The highest BCUT2D eigenvalue weighted by molar-refractivity contribution is 5.77. The molecule has 0 saturated carbocycles. The number of carbonyl (C=O) groups is 2. The van der Waals surface area contributed by atoms with Gasteiger partial charge in [-0.05, 0) is 37.9 Å². The first kappa shape index (κ1) is 19.8. The van der Waals surface area contributed by atoms with Crippen LogP contribution in [-0.4, -0.2) is 78.6 Å². The van der Waals surface area contributed by atoms with Crippen molar-refractivity contribution in [3.05, 3.63) is 30.1 Å². The van der Waals surface area contributed by atoms with Crippen molar-refractivity contribution in [2.24, 2.45) is 0 Å². The number of nitrogens with zero attached hydrogens (tertiary/aromatic N) is 3. The van der Waals surface area contributed by atoms with Crippen LogP contribution in [0.3, 0.4) is 0 Å². The van der Waals surface area contributed by atoms with E-state index >= 15 is 0 Å². The molecule has 3 rings (SSSR count). The van der Waals surface area contributed by atoms with E-state index in [1.165, 1.54) is 0 Å². The molecule has 7 heteroatoms. The summed E-state index contributed by atoms with van der Waals surface area (Å²) in [5, 5.41) is 3.05. The van der Waals surface area contributed by atoms with E-state index < -0.39 is 0 Å². The molecular formula is C20H30N4O3. The summed E-state index contributed by atoms with van der Waals surface area (Å²) in [6, 6.07) is 4.44. The number of nitrogens with one attached hydrogen (secondary N) is 1. The summed E-state index contributed by atoms with van der Waals surface area (Å²) < 4.78 is 5.31. The molecule has 0 radical (unpaired) electrons. The topological polar surface area (TPSA) is 74.8 Å². The highest BCUT2D eigenvalue weighted by Gasteiger charge is 2.33. The lowest BCUT2D eigenvalue weighted by Gasteiger charge is -2.30. The number of hydrogen-bond donors (Lipinski definition) is 1. The van der Waals surface area contributed by atoms with Crippen LogP contribution in [0.4, 0.5) is 0 Å². The molecule has 3 heterocycles. The van der Waals surface area contributed by atoms with Crippen LogP contribution >= 0.6 is 0 Å². The number of morpholine rings is 1. The van der Waals surface area contributed by atoms with Gasteiger partial charge in [0.25, 0.3) is 0 Å². The molecule has 2 atom stereocenters. The Morgan fingerprint density at radius 3 is 2.78 bits per heavy atom. The smallest absolute Gasteiger partial charge is 0.224 e. The number of aromatic nitrogens is 1. The van der Waals surface area contributed by atoms with E-state index in [4.69, 9.17) is 4.74 Å². The van der Waals surface area contributed by atoms with Crippen LogP contribution in [0.1, 0.15) is 31.2 Å². The van der Waals surface area contributed by atoms with E-state index in [9.17, 15) is 9.59 Å². The number of amides is 2. The van der Waals surface area contributed by atoms with Gasteiger partial charge < -0.3 is 15.0 Å². The molecule has 0 spiro atoms. The lowest BCUT2D eigenvalue weighted by Crippen LogP contribution is -2.45. The zero-order valence-corrected chi connectivity index (χ0v) is 16.1. The Bertz CT molecular complexity index is 619. The Morgan fingerprint density at radius 2 is 2.04 bits per heavy atom. The summed E-state index contributed by atoms with van der Waals surface area (Å²) in [5.74, 6) is 0.288. The van der Waals surface area contributed by atoms with Gasteiger partial charge in [0.1, 0.15) is 0 Å². The maximum atomic E-state index is 12.5. The predicted molar refractivity (Wildman–Crippen MR) is 102 cm³/mol. The lowest BCUT2D eigenvalue weighted by molar-refractivity contribution is -0.136. The van der Waals surface area contributed by atoms with Gasteiger partial charge in [0, 0.05) is 57.0 Å². The van der Waals surface area contributed by atoms with Gasteiger partial charge in [0.2, 0.25) is 11.8 Å². The first-order chi connectivity index (χ1) is 13.1. The van der Waals surface area contributed by atoms with Gasteiger partial charge in [-0.25, -0.2) is 0 Å². The fourth-order valence-electron chi connectivity index (χ4n) is 3.85. The third-order valence-electron chi connectivity index (χ3n) is 5.66. The number of rotatable bonds is 7. The van der Waals surface area contributed by atoms with E-state index in [1.54, 1.807) is 12.4 Å². The van der Waals surface area contributed by atoms with Crippen molar-refractivity contribution in [3.63, 3.8) is 0 Å². The van der Waals surface area contributed by atoms with Gasteiger partial charge in [0.15, 0.2) is 0 Å². The number of ether oxygens (including phenoxy) is 1. The van der Waals surface area contributed by atoms with E-state index in [0.717, 1.165) is 18.4 Å². The highest BCUT2D eigenvalue weighted by atomic mass is 16.5. The van der Waals surface area contributed by atoms with Crippen molar-refractivity contribution in [3.8, 4) is 0 Å². The molecule has 0 aromatic carbocycles. The SMILES string of the molecule is CN1[C@@H](CC(=O)N2CCOCC2)CC[C@H]1CNC(=O)CCc1cccnc1. The van der Waals surface area contributed by atoms with Crippen molar-refractivity contribution in [1.82, 2.24) is 20.1 Å². The first-order valence-electron chi connectivity index (χ1n) is 9.86. The van der Waals surface area contributed by atoms with Gasteiger partial charge in [-0.1, -0.05) is 6.07 Å². The van der Waals surface area contributed by atoms with Gasteiger partial charge >= 0.3 is 0 Å². The average Bonchev–Trinajstić information content (AvgIpc) is 3.05. The second-order valence-corrected chi connectivity index (χ2v) is 7.41. The van der Waals surface area contributed by atoms with Crippen LogP contribution in [0.2, 0.25) is 0 Å². The van der Waals surface area contributed by atoms with Crippen molar-refractivity contribution >= 4 is 11.8 Å². The second kappa shape index (κ2) is 9.80. The molecule has 2 amide bonds. The molecule has 2 fully saturated rings. The van der Waals surface area contributed by atoms with Crippen LogP contribution in [0.5, 0.6) is 0 Å². The maximum absolute atomic E-state index is 12.5. The van der Waals surface area contributed by atoms with Gasteiger partial charge in [-0.15, -0.1) is 0 Å². The Hall–Kier alpha value is -1.99. The molecule has 2 aliphatic rings. The molecule has 1 aromatic rings. The molecule has 0 bridgehead atoms. The number of likely N-dealkylation sites (N-methyl/N-ethyl adjacent to an activating group) is 1. The summed E-state index contributed by atoms with van der Waals surface area (Å²) in [7, 11) is 2.07. The molecule has 0 aliphatic carbocycles. The molecule has 27 heavy (non-hydrogen) atoms. The summed E-state index contributed by atoms with van der Waals surface area (Å²) in [5.41, 5.74) is 1.08.